The number of hydrogen-bond acceptors (Lipinski definition) is 5. The number of ether oxygens (including phenoxy) is 3. The largest absolute Gasteiger partial charge is 0.497 e. The van der Waals surface area contributed by atoms with Crippen molar-refractivity contribution < 1.29 is 23.8 Å². The summed E-state index contributed by atoms with van der Waals surface area (Å²) in [6.07, 6.45) is 1.26. The number of benzene rings is 2. The lowest BCUT2D eigenvalue weighted by molar-refractivity contribution is -0.122. The molecule has 0 bridgehead atoms. The molecule has 6 heteroatoms. The zero-order valence-corrected chi connectivity index (χ0v) is 17.4. The van der Waals surface area contributed by atoms with E-state index in [2.05, 4.69) is 5.32 Å². The normalized spacial score (nSPS) is 21.0. The molecule has 1 aliphatic carbocycles. The molecule has 1 amide bonds. The number of carbonyl (C=O) groups is 2. The zero-order chi connectivity index (χ0) is 21.3. The monoisotopic (exact) mass is 407 g/mol. The molecule has 6 nitrogen and oxygen atoms in total. The summed E-state index contributed by atoms with van der Waals surface area (Å²) >= 11 is 0. The molecule has 156 valence electrons. The predicted octanol–water partition coefficient (Wildman–Crippen LogP) is 3.72. The van der Waals surface area contributed by atoms with Crippen LogP contribution in [0.25, 0.3) is 0 Å². The molecule has 30 heavy (non-hydrogen) atoms. The summed E-state index contributed by atoms with van der Waals surface area (Å²) in [5.41, 5.74) is 3.37. The highest BCUT2D eigenvalue weighted by molar-refractivity contribution is 6.02. The van der Waals surface area contributed by atoms with Gasteiger partial charge in [-0.3, -0.25) is 9.59 Å². The fraction of sp³-hybridized carbons (Fsp3) is 0.333. The second-order valence-electron chi connectivity index (χ2n) is 7.62. The molecule has 0 unspecified atom stereocenters. The summed E-state index contributed by atoms with van der Waals surface area (Å²) in [4.78, 5) is 25.7. The number of nitrogens with one attached hydrogen (secondary N) is 1. The van der Waals surface area contributed by atoms with Crippen molar-refractivity contribution in [3.63, 3.8) is 0 Å². The third kappa shape index (κ3) is 3.65. The minimum absolute atomic E-state index is 0.0274. The van der Waals surface area contributed by atoms with E-state index in [1.54, 1.807) is 21.3 Å². The number of carbonyl (C=O) groups excluding carboxylic acids is 2. The standard InChI is InChI=1S/C24H25NO5/c1-28-17-6-4-5-15(9-17)18-13-23(27)25-19-10-16(11-20(26)24(18)19)14-7-8-21(29-2)22(12-14)30-3/h4-9,12,16,18H,10-11,13H2,1-3H3,(H,25,27)/t16-,18+/m0/s1. The van der Waals surface area contributed by atoms with Crippen LogP contribution >= 0.6 is 0 Å². The van der Waals surface area contributed by atoms with Gasteiger partial charge in [0.15, 0.2) is 17.3 Å². The van der Waals surface area contributed by atoms with Crippen molar-refractivity contribution in [1.82, 2.24) is 5.32 Å². The van der Waals surface area contributed by atoms with Crippen LogP contribution in [0.3, 0.4) is 0 Å². The Morgan fingerprint density at radius 2 is 1.63 bits per heavy atom. The van der Waals surface area contributed by atoms with Crippen LogP contribution < -0.4 is 19.5 Å². The van der Waals surface area contributed by atoms with E-state index in [-0.39, 0.29) is 29.9 Å². The van der Waals surface area contributed by atoms with Crippen LogP contribution in [0, 0.1) is 0 Å². The fourth-order valence-corrected chi connectivity index (χ4v) is 4.45. The molecule has 2 aromatic rings. The highest BCUT2D eigenvalue weighted by atomic mass is 16.5. The first-order chi connectivity index (χ1) is 14.5. The first-order valence-corrected chi connectivity index (χ1v) is 9.96. The van der Waals surface area contributed by atoms with E-state index in [0.717, 1.165) is 22.4 Å². The maximum Gasteiger partial charge on any atom is 0.225 e. The van der Waals surface area contributed by atoms with Gasteiger partial charge in [-0.1, -0.05) is 18.2 Å². The Labute approximate surface area is 175 Å². The van der Waals surface area contributed by atoms with Crippen molar-refractivity contribution in [3.05, 3.63) is 64.9 Å². The first-order valence-electron chi connectivity index (χ1n) is 9.96. The Morgan fingerprint density at radius 1 is 0.833 bits per heavy atom. The van der Waals surface area contributed by atoms with Crippen LogP contribution in [0.4, 0.5) is 0 Å². The molecular formula is C24H25NO5. The summed E-state index contributed by atoms with van der Waals surface area (Å²) in [5, 5.41) is 2.96. The molecule has 0 radical (unpaired) electrons. The average molecular weight is 407 g/mol. The summed E-state index contributed by atoms with van der Waals surface area (Å²) in [6.45, 7) is 0. The highest BCUT2D eigenvalue weighted by Crippen LogP contribution is 2.44. The van der Waals surface area contributed by atoms with Gasteiger partial charge >= 0.3 is 0 Å². The third-order valence-electron chi connectivity index (χ3n) is 5.91. The Hall–Kier alpha value is -3.28. The van der Waals surface area contributed by atoms with Gasteiger partial charge in [-0.05, 0) is 47.7 Å². The average Bonchev–Trinajstić information content (AvgIpc) is 2.77. The topological polar surface area (TPSA) is 73.9 Å². The molecule has 4 rings (SSSR count). The minimum atomic E-state index is -0.247. The van der Waals surface area contributed by atoms with Gasteiger partial charge in [0, 0.05) is 30.0 Å². The number of ketones is 1. The SMILES string of the molecule is COc1cccc([C@H]2CC(=O)NC3=C2C(=O)C[C@@H](c2ccc(OC)c(OC)c2)C3)c1. The van der Waals surface area contributed by atoms with Crippen LogP contribution in [-0.2, 0) is 9.59 Å². The lowest BCUT2D eigenvalue weighted by Gasteiger charge is -2.34. The van der Waals surface area contributed by atoms with Crippen molar-refractivity contribution >= 4 is 11.7 Å². The molecule has 2 atom stereocenters. The first kappa shape index (κ1) is 20.0. The predicted molar refractivity (Wildman–Crippen MR) is 112 cm³/mol. The maximum absolute atomic E-state index is 13.2. The Morgan fingerprint density at radius 3 is 2.37 bits per heavy atom. The number of hydrogen-bond donors (Lipinski definition) is 1. The highest BCUT2D eigenvalue weighted by Gasteiger charge is 2.38. The molecule has 1 N–H and O–H groups in total. The molecule has 0 fully saturated rings. The zero-order valence-electron chi connectivity index (χ0n) is 17.4. The Balaban J connectivity index is 1.69. The van der Waals surface area contributed by atoms with Gasteiger partial charge in [0.05, 0.1) is 21.3 Å². The van der Waals surface area contributed by atoms with E-state index >= 15 is 0 Å². The maximum atomic E-state index is 13.2. The van der Waals surface area contributed by atoms with Crippen molar-refractivity contribution in [2.45, 2.75) is 31.1 Å². The van der Waals surface area contributed by atoms with E-state index in [0.29, 0.717) is 30.1 Å². The smallest absolute Gasteiger partial charge is 0.225 e. The number of Topliss-reactive ketones (excluding diaryl/α,β-unsaturated/α-hetero) is 1. The molecule has 0 spiro atoms. The van der Waals surface area contributed by atoms with Crippen LogP contribution in [0.5, 0.6) is 17.2 Å². The second-order valence-corrected chi connectivity index (χ2v) is 7.62. The fourth-order valence-electron chi connectivity index (χ4n) is 4.45. The van der Waals surface area contributed by atoms with Gasteiger partial charge in [0.2, 0.25) is 5.91 Å². The van der Waals surface area contributed by atoms with E-state index in [4.69, 9.17) is 14.2 Å². The van der Waals surface area contributed by atoms with Gasteiger partial charge < -0.3 is 19.5 Å². The van der Waals surface area contributed by atoms with Gasteiger partial charge in [0.1, 0.15) is 5.75 Å². The Bertz CT molecular complexity index is 1030. The van der Waals surface area contributed by atoms with E-state index in [9.17, 15) is 9.59 Å². The molecule has 1 aliphatic heterocycles. The van der Waals surface area contributed by atoms with Gasteiger partial charge in [-0.25, -0.2) is 0 Å². The van der Waals surface area contributed by atoms with Gasteiger partial charge in [0.25, 0.3) is 0 Å². The lowest BCUT2D eigenvalue weighted by Crippen LogP contribution is -2.38. The number of methoxy groups -OCH3 is 3. The summed E-state index contributed by atoms with van der Waals surface area (Å²) in [5.74, 6) is 1.72. The summed E-state index contributed by atoms with van der Waals surface area (Å²) in [7, 11) is 4.79. The lowest BCUT2D eigenvalue weighted by atomic mass is 9.73. The second kappa shape index (κ2) is 8.22. The van der Waals surface area contributed by atoms with Gasteiger partial charge in [-0.2, -0.15) is 0 Å². The summed E-state index contributed by atoms with van der Waals surface area (Å²) < 4.78 is 16.1. The van der Waals surface area contributed by atoms with Crippen molar-refractivity contribution in [1.29, 1.82) is 0 Å². The van der Waals surface area contributed by atoms with Crippen molar-refractivity contribution in [2.75, 3.05) is 21.3 Å². The van der Waals surface area contributed by atoms with Crippen LogP contribution in [0.1, 0.15) is 42.2 Å². The van der Waals surface area contributed by atoms with E-state index in [1.165, 1.54) is 0 Å². The van der Waals surface area contributed by atoms with Crippen LogP contribution in [0.2, 0.25) is 0 Å². The number of amides is 1. The molecular weight excluding hydrogens is 382 g/mol. The summed E-state index contributed by atoms with van der Waals surface area (Å²) in [6, 6.07) is 13.3. The molecule has 0 saturated heterocycles. The van der Waals surface area contributed by atoms with Crippen molar-refractivity contribution in [3.8, 4) is 17.2 Å². The Kier molecular flexibility index (Phi) is 5.48. The van der Waals surface area contributed by atoms with Crippen LogP contribution in [-0.4, -0.2) is 33.0 Å². The third-order valence-corrected chi connectivity index (χ3v) is 5.91. The number of rotatable bonds is 5. The van der Waals surface area contributed by atoms with E-state index < -0.39 is 0 Å². The minimum Gasteiger partial charge on any atom is -0.497 e. The van der Waals surface area contributed by atoms with Gasteiger partial charge in [-0.15, -0.1) is 0 Å². The molecule has 2 aromatic carbocycles. The molecule has 1 heterocycles. The van der Waals surface area contributed by atoms with E-state index in [1.807, 2.05) is 42.5 Å². The van der Waals surface area contributed by atoms with Crippen molar-refractivity contribution in [2.24, 2.45) is 0 Å². The number of allylic oxidation sites excluding steroid dienone is 2. The van der Waals surface area contributed by atoms with Crippen LogP contribution in [0.15, 0.2) is 53.7 Å². The quantitative estimate of drug-likeness (QED) is 0.818. The molecule has 0 aromatic heterocycles. The molecule has 2 aliphatic rings. The molecule has 0 saturated carbocycles.